The summed E-state index contributed by atoms with van der Waals surface area (Å²) in [5.41, 5.74) is 1.20. The van der Waals surface area contributed by atoms with Gasteiger partial charge in [-0.05, 0) is 33.3 Å². The Morgan fingerprint density at radius 2 is 2.21 bits per heavy atom. The van der Waals surface area contributed by atoms with E-state index in [1.54, 1.807) is 0 Å². The molecule has 1 aromatic rings. The number of aliphatic hydroxyl groups excluding tert-OH is 1. The molecule has 14 heavy (non-hydrogen) atoms. The summed E-state index contributed by atoms with van der Waals surface area (Å²) in [6.45, 7) is 7.04. The third kappa shape index (κ3) is 3.16. The number of hydrogen-bond acceptors (Lipinski definition) is 3. The van der Waals surface area contributed by atoms with Crippen LogP contribution in [0.15, 0.2) is 10.5 Å². The molecule has 3 heteroatoms. The highest BCUT2D eigenvalue weighted by Crippen LogP contribution is 2.13. The summed E-state index contributed by atoms with van der Waals surface area (Å²) in [6, 6.07) is 2.39. The quantitative estimate of drug-likeness (QED) is 0.756. The van der Waals surface area contributed by atoms with Gasteiger partial charge in [-0.25, -0.2) is 0 Å². The summed E-state index contributed by atoms with van der Waals surface area (Å²) in [4.78, 5) is 0. The van der Waals surface area contributed by atoms with Crippen LogP contribution in [0.2, 0.25) is 0 Å². The van der Waals surface area contributed by atoms with Crippen molar-refractivity contribution in [1.82, 2.24) is 5.32 Å². The van der Waals surface area contributed by atoms with Gasteiger partial charge in [-0.1, -0.05) is 0 Å². The van der Waals surface area contributed by atoms with E-state index in [9.17, 15) is 0 Å². The first-order valence-corrected chi connectivity index (χ1v) is 5.03. The van der Waals surface area contributed by atoms with Crippen molar-refractivity contribution in [2.75, 3.05) is 6.61 Å². The van der Waals surface area contributed by atoms with Crippen LogP contribution in [0.1, 0.15) is 30.4 Å². The van der Waals surface area contributed by atoms with E-state index in [1.165, 1.54) is 5.56 Å². The van der Waals surface area contributed by atoms with E-state index in [1.807, 2.05) is 19.9 Å². The number of furan rings is 1. The lowest BCUT2D eigenvalue weighted by atomic mass is 10.2. The Labute approximate surface area is 85.1 Å². The first-order chi connectivity index (χ1) is 6.63. The fraction of sp³-hybridized carbons (Fsp3) is 0.636. The van der Waals surface area contributed by atoms with E-state index >= 15 is 0 Å². The van der Waals surface area contributed by atoms with Crippen molar-refractivity contribution in [3.63, 3.8) is 0 Å². The topological polar surface area (TPSA) is 45.4 Å². The highest BCUT2D eigenvalue weighted by atomic mass is 16.3. The van der Waals surface area contributed by atoms with E-state index in [0.29, 0.717) is 6.04 Å². The number of aryl methyl sites for hydroxylation is 2. The average molecular weight is 197 g/mol. The van der Waals surface area contributed by atoms with E-state index in [-0.39, 0.29) is 6.61 Å². The van der Waals surface area contributed by atoms with Gasteiger partial charge in [0.05, 0.1) is 0 Å². The van der Waals surface area contributed by atoms with Crippen molar-refractivity contribution in [2.24, 2.45) is 0 Å². The van der Waals surface area contributed by atoms with Gasteiger partial charge in [-0.3, -0.25) is 0 Å². The molecule has 0 aromatic carbocycles. The van der Waals surface area contributed by atoms with Gasteiger partial charge in [0.25, 0.3) is 0 Å². The molecule has 1 atom stereocenters. The van der Waals surface area contributed by atoms with Crippen LogP contribution in [0.5, 0.6) is 0 Å². The van der Waals surface area contributed by atoms with Gasteiger partial charge in [0.1, 0.15) is 11.5 Å². The molecule has 0 aliphatic carbocycles. The molecule has 0 unspecified atom stereocenters. The molecular formula is C11H19NO2. The Kier molecular flexibility index (Phi) is 4.17. The van der Waals surface area contributed by atoms with Crippen molar-refractivity contribution >= 4 is 0 Å². The molecule has 0 aliphatic rings. The zero-order valence-electron chi connectivity index (χ0n) is 9.13. The molecule has 0 saturated carbocycles. The molecule has 2 N–H and O–H groups in total. The molecule has 0 bridgehead atoms. The van der Waals surface area contributed by atoms with E-state index in [4.69, 9.17) is 9.52 Å². The number of aliphatic hydroxyl groups is 1. The molecule has 0 radical (unpaired) electrons. The summed E-state index contributed by atoms with van der Waals surface area (Å²) in [6.07, 6.45) is 0.788. The lowest BCUT2D eigenvalue weighted by Gasteiger charge is -2.11. The average Bonchev–Trinajstić information content (AvgIpc) is 2.42. The summed E-state index contributed by atoms with van der Waals surface area (Å²) in [5, 5.41) is 12.1. The first kappa shape index (κ1) is 11.3. The number of hydrogen-bond donors (Lipinski definition) is 2. The Bertz CT molecular complexity index is 281. The van der Waals surface area contributed by atoms with Gasteiger partial charge < -0.3 is 14.8 Å². The fourth-order valence-electron chi connectivity index (χ4n) is 1.44. The molecular weight excluding hydrogens is 178 g/mol. The molecule has 1 rings (SSSR count). The Morgan fingerprint density at radius 1 is 1.50 bits per heavy atom. The van der Waals surface area contributed by atoms with Crippen LogP contribution in [-0.4, -0.2) is 17.8 Å². The van der Waals surface area contributed by atoms with Crippen LogP contribution in [0, 0.1) is 13.8 Å². The minimum Gasteiger partial charge on any atom is -0.466 e. The second-order valence-electron chi connectivity index (χ2n) is 3.73. The maximum atomic E-state index is 8.73. The highest BCUT2D eigenvalue weighted by molar-refractivity contribution is 5.19. The lowest BCUT2D eigenvalue weighted by molar-refractivity contribution is 0.268. The highest BCUT2D eigenvalue weighted by Gasteiger charge is 2.06. The molecule has 0 spiro atoms. The van der Waals surface area contributed by atoms with Gasteiger partial charge >= 0.3 is 0 Å². The van der Waals surface area contributed by atoms with Crippen molar-refractivity contribution in [2.45, 2.75) is 39.8 Å². The zero-order valence-corrected chi connectivity index (χ0v) is 9.13. The van der Waals surface area contributed by atoms with Crippen molar-refractivity contribution < 1.29 is 9.52 Å². The van der Waals surface area contributed by atoms with Crippen LogP contribution in [0.3, 0.4) is 0 Å². The molecule has 3 nitrogen and oxygen atoms in total. The molecule has 1 heterocycles. The van der Waals surface area contributed by atoms with Crippen molar-refractivity contribution in [3.8, 4) is 0 Å². The van der Waals surface area contributed by atoms with Gasteiger partial charge in [0.2, 0.25) is 0 Å². The number of rotatable bonds is 5. The van der Waals surface area contributed by atoms with Gasteiger partial charge in [-0.2, -0.15) is 0 Å². The van der Waals surface area contributed by atoms with Gasteiger partial charge in [-0.15, -0.1) is 0 Å². The van der Waals surface area contributed by atoms with Gasteiger partial charge in [0, 0.05) is 24.8 Å². The molecule has 0 fully saturated rings. The van der Waals surface area contributed by atoms with Crippen molar-refractivity contribution in [1.29, 1.82) is 0 Å². The standard InChI is InChI=1S/C11H19NO2/c1-8(4-5-13)12-7-11-6-9(2)14-10(11)3/h6,8,12-13H,4-5,7H2,1-3H3/t8-/m1/s1. The van der Waals surface area contributed by atoms with E-state index in [0.717, 1.165) is 24.5 Å². The monoisotopic (exact) mass is 197 g/mol. The third-order valence-corrected chi connectivity index (χ3v) is 2.35. The summed E-state index contributed by atoms with van der Waals surface area (Å²) < 4.78 is 5.42. The predicted octanol–water partition coefficient (Wildman–Crippen LogP) is 1.76. The first-order valence-electron chi connectivity index (χ1n) is 5.03. The Morgan fingerprint density at radius 3 is 2.71 bits per heavy atom. The molecule has 80 valence electrons. The minimum atomic E-state index is 0.234. The van der Waals surface area contributed by atoms with Crippen LogP contribution < -0.4 is 5.32 Å². The molecule has 1 aromatic heterocycles. The van der Waals surface area contributed by atoms with Crippen LogP contribution in [-0.2, 0) is 6.54 Å². The Hall–Kier alpha value is -0.800. The SMILES string of the molecule is Cc1cc(CN[C@H](C)CCO)c(C)o1. The largest absolute Gasteiger partial charge is 0.466 e. The maximum Gasteiger partial charge on any atom is 0.105 e. The lowest BCUT2D eigenvalue weighted by Crippen LogP contribution is -2.26. The maximum absolute atomic E-state index is 8.73. The Balaban J connectivity index is 2.41. The smallest absolute Gasteiger partial charge is 0.105 e. The minimum absolute atomic E-state index is 0.234. The normalized spacial score (nSPS) is 13.1. The predicted molar refractivity (Wildman–Crippen MR) is 56.2 cm³/mol. The molecule has 0 amide bonds. The summed E-state index contributed by atoms with van der Waals surface area (Å²) >= 11 is 0. The zero-order chi connectivity index (χ0) is 10.6. The van der Waals surface area contributed by atoms with Crippen LogP contribution >= 0.6 is 0 Å². The summed E-state index contributed by atoms with van der Waals surface area (Å²) in [7, 11) is 0. The van der Waals surface area contributed by atoms with Crippen LogP contribution in [0.4, 0.5) is 0 Å². The third-order valence-electron chi connectivity index (χ3n) is 2.35. The van der Waals surface area contributed by atoms with Crippen molar-refractivity contribution in [3.05, 3.63) is 23.2 Å². The van der Waals surface area contributed by atoms with E-state index in [2.05, 4.69) is 12.2 Å². The van der Waals surface area contributed by atoms with Gasteiger partial charge in [0.15, 0.2) is 0 Å². The molecule has 0 saturated heterocycles. The van der Waals surface area contributed by atoms with E-state index < -0.39 is 0 Å². The second-order valence-corrected chi connectivity index (χ2v) is 3.73. The van der Waals surface area contributed by atoms with Crippen LogP contribution in [0.25, 0.3) is 0 Å². The summed E-state index contributed by atoms with van der Waals surface area (Å²) in [5.74, 6) is 1.93. The fourth-order valence-corrected chi connectivity index (χ4v) is 1.44. The molecule has 0 aliphatic heterocycles. The number of nitrogens with one attached hydrogen (secondary N) is 1. The second kappa shape index (κ2) is 5.17.